The van der Waals surface area contributed by atoms with E-state index in [0.29, 0.717) is 21.5 Å². The highest BCUT2D eigenvalue weighted by atomic mass is 32.1. The highest BCUT2D eigenvalue weighted by Crippen LogP contribution is 2.27. The van der Waals surface area contributed by atoms with E-state index in [-0.39, 0.29) is 5.91 Å². The summed E-state index contributed by atoms with van der Waals surface area (Å²) in [5.41, 5.74) is 2.30. The van der Waals surface area contributed by atoms with Crippen LogP contribution in [0, 0.1) is 6.92 Å². The van der Waals surface area contributed by atoms with Crippen LogP contribution in [0.25, 0.3) is 21.8 Å². The van der Waals surface area contributed by atoms with E-state index in [9.17, 15) is 4.79 Å². The number of furan rings is 1. The minimum absolute atomic E-state index is 0.248. The second kappa shape index (κ2) is 5.57. The predicted molar refractivity (Wildman–Crippen MR) is 91.0 cm³/mol. The van der Waals surface area contributed by atoms with E-state index < -0.39 is 0 Å². The summed E-state index contributed by atoms with van der Waals surface area (Å²) in [5, 5.41) is 11.8. The van der Waals surface area contributed by atoms with E-state index in [1.54, 1.807) is 30.5 Å². The average Bonchev–Trinajstić information content (AvgIpc) is 3.29. The minimum atomic E-state index is -0.248. The normalized spacial score (nSPS) is 11.1. The topological polar surface area (TPSA) is 85.8 Å². The molecule has 0 unspecified atom stereocenters. The molecule has 8 heteroatoms. The Kier molecular flexibility index (Phi) is 3.39. The highest BCUT2D eigenvalue weighted by Gasteiger charge is 2.14. The number of aryl methyl sites for hydroxylation is 2. The Labute approximate surface area is 141 Å². The Morgan fingerprint density at radius 1 is 1.29 bits per heavy atom. The SMILES string of the molecule is Cc1nc2cc(C(=O)Nc3nnc(-c4ccco4)s3)ccc2n1C. The van der Waals surface area contributed by atoms with Crippen LogP contribution in [0.2, 0.25) is 0 Å². The van der Waals surface area contributed by atoms with Crippen LogP contribution < -0.4 is 5.32 Å². The molecule has 4 rings (SSSR count). The molecule has 3 aromatic heterocycles. The van der Waals surface area contributed by atoms with Crippen molar-refractivity contribution in [3.05, 3.63) is 48.0 Å². The van der Waals surface area contributed by atoms with Gasteiger partial charge in [0, 0.05) is 12.6 Å². The molecule has 120 valence electrons. The van der Waals surface area contributed by atoms with Gasteiger partial charge in [-0.25, -0.2) is 4.98 Å². The molecular formula is C16H13N5O2S. The third kappa shape index (κ3) is 2.46. The number of imidazole rings is 1. The van der Waals surface area contributed by atoms with Crippen LogP contribution in [-0.2, 0) is 7.05 Å². The summed E-state index contributed by atoms with van der Waals surface area (Å²) < 4.78 is 7.25. The molecule has 1 amide bonds. The van der Waals surface area contributed by atoms with Crippen LogP contribution in [0.1, 0.15) is 16.2 Å². The van der Waals surface area contributed by atoms with Crippen molar-refractivity contribution >= 4 is 33.4 Å². The number of rotatable bonds is 3. The third-order valence-electron chi connectivity index (χ3n) is 3.74. The maximum absolute atomic E-state index is 12.4. The fourth-order valence-corrected chi connectivity index (χ4v) is 3.11. The van der Waals surface area contributed by atoms with E-state index in [2.05, 4.69) is 20.5 Å². The van der Waals surface area contributed by atoms with Crippen LogP contribution in [0.3, 0.4) is 0 Å². The minimum Gasteiger partial charge on any atom is -0.462 e. The molecule has 0 aliphatic rings. The maximum atomic E-state index is 12.4. The molecule has 4 aromatic rings. The quantitative estimate of drug-likeness (QED) is 0.619. The number of carbonyl (C=O) groups is 1. The fraction of sp³-hybridized carbons (Fsp3) is 0.125. The van der Waals surface area contributed by atoms with Crippen molar-refractivity contribution in [2.45, 2.75) is 6.92 Å². The van der Waals surface area contributed by atoms with Crippen molar-refractivity contribution in [1.29, 1.82) is 0 Å². The first-order valence-corrected chi connectivity index (χ1v) is 8.05. The van der Waals surface area contributed by atoms with Crippen molar-refractivity contribution in [1.82, 2.24) is 19.7 Å². The van der Waals surface area contributed by atoms with Gasteiger partial charge in [0.05, 0.1) is 17.3 Å². The molecule has 0 radical (unpaired) electrons. The summed E-state index contributed by atoms with van der Waals surface area (Å²) in [7, 11) is 1.95. The van der Waals surface area contributed by atoms with Gasteiger partial charge in [0.1, 0.15) is 5.82 Å². The van der Waals surface area contributed by atoms with Crippen molar-refractivity contribution in [2.75, 3.05) is 5.32 Å². The number of anilines is 1. The third-order valence-corrected chi connectivity index (χ3v) is 4.60. The number of aromatic nitrogens is 4. The molecule has 0 saturated carbocycles. The second-order valence-electron chi connectivity index (χ2n) is 5.27. The zero-order valence-electron chi connectivity index (χ0n) is 13.0. The van der Waals surface area contributed by atoms with Crippen LogP contribution in [0.15, 0.2) is 41.0 Å². The molecule has 3 heterocycles. The Balaban J connectivity index is 1.58. The van der Waals surface area contributed by atoms with Gasteiger partial charge < -0.3 is 8.98 Å². The second-order valence-corrected chi connectivity index (χ2v) is 6.24. The zero-order chi connectivity index (χ0) is 16.7. The van der Waals surface area contributed by atoms with E-state index in [1.807, 2.05) is 24.6 Å². The lowest BCUT2D eigenvalue weighted by Gasteiger charge is -2.01. The molecular weight excluding hydrogens is 326 g/mol. The van der Waals surface area contributed by atoms with E-state index in [4.69, 9.17) is 4.42 Å². The number of fused-ring (bicyclic) bond motifs is 1. The van der Waals surface area contributed by atoms with Crippen LogP contribution in [0.5, 0.6) is 0 Å². The molecule has 24 heavy (non-hydrogen) atoms. The van der Waals surface area contributed by atoms with Gasteiger partial charge in [-0.3, -0.25) is 10.1 Å². The number of benzene rings is 1. The Morgan fingerprint density at radius 2 is 2.17 bits per heavy atom. The summed E-state index contributed by atoms with van der Waals surface area (Å²) in [4.78, 5) is 16.9. The lowest BCUT2D eigenvalue weighted by atomic mass is 10.2. The van der Waals surface area contributed by atoms with Crippen molar-refractivity contribution in [3.63, 3.8) is 0 Å². The highest BCUT2D eigenvalue weighted by molar-refractivity contribution is 7.18. The summed E-state index contributed by atoms with van der Waals surface area (Å²) in [6.07, 6.45) is 1.57. The van der Waals surface area contributed by atoms with Crippen LogP contribution in [-0.4, -0.2) is 25.7 Å². The van der Waals surface area contributed by atoms with E-state index >= 15 is 0 Å². The number of nitrogens with zero attached hydrogens (tertiary/aromatic N) is 4. The van der Waals surface area contributed by atoms with Gasteiger partial charge >= 0.3 is 0 Å². The number of hydrogen-bond acceptors (Lipinski definition) is 6. The van der Waals surface area contributed by atoms with Crippen LogP contribution in [0.4, 0.5) is 5.13 Å². The lowest BCUT2D eigenvalue weighted by Crippen LogP contribution is -2.11. The number of carbonyl (C=O) groups excluding carboxylic acids is 1. The van der Waals surface area contributed by atoms with E-state index in [0.717, 1.165) is 16.9 Å². The largest absolute Gasteiger partial charge is 0.462 e. The van der Waals surface area contributed by atoms with E-state index in [1.165, 1.54) is 11.3 Å². The van der Waals surface area contributed by atoms with Crippen LogP contribution >= 0.6 is 11.3 Å². The van der Waals surface area contributed by atoms with Gasteiger partial charge in [-0.05, 0) is 37.3 Å². The molecule has 0 bridgehead atoms. The smallest absolute Gasteiger partial charge is 0.257 e. The molecule has 7 nitrogen and oxygen atoms in total. The van der Waals surface area contributed by atoms with Gasteiger partial charge in [0.2, 0.25) is 5.13 Å². The first-order valence-electron chi connectivity index (χ1n) is 7.23. The molecule has 0 aliphatic heterocycles. The van der Waals surface area contributed by atoms with Crippen molar-refractivity contribution in [2.24, 2.45) is 7.05 Å². The number of nitrogens with one attached hydrogen (secondary N) is 1. The number of amides is 1. The Hall–Kier alpha value is -3.00. The fourth-order valence-electron chi connectivity index (χ4n) is 2.40. The predicted octanol–water partition coefficient (Wildman–Crippen LogP) is 3.25. The first-order chi connectivity index (χ1) is 11.6. The van der Waals surface area contributed by atoms with Gasteiger partial charge in [0.25, 0.3) is 5.91 Å². The first kappa shape index (κ1) is 14.6. The molecule has 0 atom stereocenters. The van der Waals surface area contributed by atoms with Crippen molar-refractivity contribution < 1.29 is 9.21 Å². The van der Waals surface area contributed by atoms with Gasteiger partial charge in [-0.2, -0.15) is 0 Å². The van der Waals surface area contributed by atoms with Gasteiger partial charge in [0.15, 0.2) is 10.8 Å². The average molecular weight is 339 g/mol. The molecule has 1 aromatic carbocycles. The Morgan fingerprint density at radius 3 is 2.96 bits per heavy atom. The molecule has 1 N–H and O–H groups in total. The lowest BCUT2D eigenvalue weighted by molar-refractivity contribution is 0.102. The molecule has 0 spiro atoms. The summed E-state index contributed by atoms with van der Waals surface area (Å²) in [5.74, 6) is 1.27. The van der Waals surface area contributed by atoms with Gasteiger partial charge in [-0.1, -0.05) is 11.3 Å². The summed E-state index contributed by atoms with van der Waals surface area (Å²) in [6, 6.07) is 9.00. The van der Waals surface area contributed by atoms with Gasteiger partial charge in [-0.15, -0.1) is 10.2 Å². The molecule has 0 saturated heterocycles. The molecule has 0 aliphatic carbocycles. The maximum Gasteiger partial charge on any atom is 0.257 e. The van der Waals surface area contributed by atoms with Crippen molar-refractivity contribution in [3.8, 4) is 10.8 Å². The number of hydrogen-bond donors (Lipinski definition) is 1. The molecule has 0 fully saturated rings. The monoisotopic (exact) mass is 339 g/mol. The zero-order valence-corrected chi connectivity index (χ0v) is 13.8. The Bertz CT molecular complexity index is 1030. The summed E-state index contributed by atoms with van der Waals surface area (Å²) >= 11 is 1.26. The standard InChI is InChI=1S/C16H13N5O2S/c1-9-17-11-8-10(5-6-12(11)21(9)2)14(22)18-16-20-19-15(24-16)13-4-3-7-23-13/h3-8H,1-2H3,(H,18,20,22). The summed E-state index contributed by atoms with van der Waals surface area (Å²) in [6.45, 7) is 1.93.